The molecule has 0 bridgehead atoms. The average Bonchev–Trinajstić information content (AvgIpc) is 2.94. The largest absolute Gasteiger partial charge is 0.334 e. The molecular weight excluding hydrogens is 190 g/mol. The maximum Gasteiger partial charge on any atom is 0.241 e. The highest BCUT2D eigenvalue weighted by atomic mass is 16.2. The fourth-order valence-corrected chi connectivity index (χ4v) is 2.30. The second-order valence-corrected chi connectivity index (χ2v) is 5.05. The van der Waals surface area contributed by atoms with Crippen molar-refractivity contribution in [3.8, 4) is 0 Å². The zero-order chi connectivity index (χ0) is 11.0. The summed E-state index contributed by atoms with van der Waals surface area (Å²) in [5, 5.41) is 3.33. The van der Waals surface area contributed by atoms with E-state index in [-0.39, 0.29) is 6.04 Å². The Hall–Kier alpha value is -0.610. The Labute approximate surface area is 91.6 Å². The summed E-state index contributed by atoms with van der Waals surface area (Å²) in [5.41, 5.74) is 0. The third kappa shape index (κ3) is 2.32. The molecule has 1 amide bonds. The predicted molar refractivity (Wildman–Crippen MR) is 59.7 cm³/mol. The Balaban J connectivity index is 2.00. The van der Waals surface area contributed by atoms with Crippen molar-refractivity contribution in [2.45, 2.75) is 37.9 Å². The number of carbonyl (C=O) groups excluding carboxylic acids is 1. The van der Waals surface area contributed by atoms with E-state index in [1.807, 2.05) is 14.1 Å². The Bertz CT molecular complexity index is 250. The van der Waals surface area contributed by atoms with Crippen LogP contribution in [-0.4, -0.2) is 61.0 Å². The average molecular weight is 211 g/mol. The fourth-order valence-electron chi connectivity index (χ4n) is 2.30. The van der Waals surface area contributed by atoms with Crippen molar-refractivity contribution in [3.05, 3.63) is 0 Å². The first-order valence-electron chi connectivity index (χ1n) is 5.80. The summed E-state index contributed by atoms with van der Waals surface area (Å²) in [4.78, 5) is 16.4. The van der Waals surface area contributed by atoms with Gasteiger partial charge in [0.15, 0.2) is 0 Å². The van der Waals surface area contributed by atoms with Crippen molar-refractivity contribution in [2.75, 3.05) is 27.2 Å². The van der Waals surface area contributed by atoms with E-state index in [2.05, 4.69) is 22.0 Å². The van der Waals surface area contributed by atoms with Crippen molar-refractivity contribution in [1.29, 1.82) is 0 Å². The molecule has 4 nitrogen and oxygen atoms in total. The molecule has 2 aliphatic rings. The second kappa shape index (κ2) is 4.10. The molecule has 0 radical (unpaired) electrons. The van der Waals surface area contributed by atoms with Gasteiger partial charge in [-0.2, -0.15) is 0 Å². The van der Waals surface area contributed by atoms with Crippen LogP contribution < -0.4 is 5.32 Å². The summed E-state index contributed by atoms with van der Waals surface area (Å²) in [6.07, 6.45) is 2.40. The molecule has 1 heterocycles. The van der Waals surface area contributed by atoms with Gasteiger partial charge in [-0.15, -0.1) is 0 Å². The lowest BCUT2D eigenvalue weighted by atomic mass is 10.1. The molecule has 1 saturated carbocycles. The number of piperazine rings is 1. The van der Waals surface area contributed by atoms with E-state index in [0.717, 1.165) is 13.1 Å². The van der Waals surface area contributed by atoms with Gasteiger partial charge in [0.05, 0.1) is 6.04 Å². The maximum absolute atomic E-state index is 12.2. The molecule has 86 valence electrons. The van der Waals surface area contributed by atoms with Gasteiger partial charge < -0.3 is 15.1 Å². The molecule has 0 aromatic rings. The van der Waals surface area contributed by atoms with Gasteiger partial charge in [-0.1, -0.05) is 0 Å². The summed E-state index contributed by atoms with van der Waals surface area (Å²) in [6, 6.07) is 0.902. The van der Waals surface area contributed by atoms with Crippen LogP contribution in [0, 0.1) is 0 Å². The molecule has 2 rings (SSSR count). The van der Waals surface area contributed by atoms with Gasteiger partial charge in [-0.05, 0) is 33.9 Å². The zero-order valence-corrected chi connectivity index (χ0v) is 9.86. The van der Waals surface area contributed by atoms with Crippen LogP contribution in [0.15, 0.2) is 0 Å². The SMILES string of the molecule is CC1CNC(CN(C)C)C(=O)N1C1CC1. The molecule has 1 N–H and O–H groups in total. The molecule has 0 aromatic heterocycles. The van der Waals surface area contributed by atoms with Crippen LogP contribution in [0.4, 0.5) is 0 Å². The van der Waals surface area contributed by atoms with Crippen LogP contribution in [0.25, 0.3) is 0 Å². The lowest BCUT2D eigenvalue weighted by Crippen LogP contribution is -2.62. The molecule has 2 fully saturated rings. The maximum atomic E-state index is 12.2. The van der Waals surface area contributed by atoms with E-state index in [0.29, 0.717) is 18.0 Å². The number of nitrogens with zero attached hydrogens (tertiary/aromatic N) is 2. The minimum Gasteiger partial charge on any atom is -0.334 e. The first-order chi connectivity index (χ1) is 7.09. The van der Waals surface area contributed by atoms with Gasteiger partial charge in [0, 0.05) is 25.2 Å². The van der Waals surface area contributed by atoms with E-state index < -0.39 is 0 Å². The van der Waals surface area contributed by atoms with Crippen molar-refractivity contribution in [2.24, 2.45) is 0 Å². The summed E-state index contributed by atoms with van der Waals surface area (Å²) in [6.45, 7) is 3.87. The molecule has 15 heavy (non-hydrogen) atoms. The van der Waals surface area contributed by atoms with Crippen LogP contribution in [0.5, 0.6) is 0 Å². The van der Waals surface area contributed by atoms with E-state index in [4.69, 9.17) is 0 Å². The number of amides is 1. The summed E-state index contributed by atoms with van der Waals surface area (Å²) < 4.78 is 0. The minimum absolute atomic E-state index is 0.00296. The van der Waals surface area contributed by atoms with E-state index in [1.54, 1.807) is 0 Å². The number of rotatable bonds is 3. The van der Waals surface area contributed by atoms with Crippen LogP contribution in [0.2, 0.25) is 0 Å². The monoisotopic (exact) mass is 211 g/mol. The Kier molecular flexibility index (Phi) is 2.98. The van der Waals surface area contributed by atoms with Gasteiger partial charge >= 0.3 is 0 Å². The topological polar surface area (TPSA) is 35.6 Å². The Morgan fingerprint density at radius 2 is 2.13 bits per heavy atom. The Morgan fingerprint density at radius 3 is 2.67 bits per heavy atom. The molecule has 1 saturated heterocycles. The number of hydrogen-bond donors (Lipinski definition) is 1. The van der Waals surface area contributed by atoms with Gasteiger partial charge in [-0.3, -0.25) is 4.79 Å². The van der Waals surface area contributed by atoms with E-state index in [9.17, 15) is 4.79 Å². The number of hydrogen-bond acceptors (Lipinski definition) is 3. The summed E-state index contributed by atoms with van der Waals surface area (Å²) in [7, 11) is 4.02. The van der Waals surface area contributed by atoms with Gasteiger partial charge in [0.2, 0.25) is 5.91 Å². The van der Waals surface area contributed by atoms with Crippen LogP contribution in [0.3, 0.4) is 0 Å². The number of carbonyl (C=O) groups is 1. The molecule has 0 aromatic carbocycles. The predicted octanol–water partition coefficient (Wildman–Crippen LogP) is -0.101. The third-order valence-electron chi connectivity index (χ3n) is 3.18. The third-order valence-corrected chi connectivity index (χ3v) is 3.18. The van der Waals surface area contributed by atoms with Crippen LogP contribution in [-0.2, 0) is 4.79 Å². The summed E-state index contributed by atoms with van der Waals surface area (Å²) in [5.74, 6) is 0.296. The lowest BCUT2D eigenvalue weighted by molar-refractivity contribution is -0.139. The van der Waals surface area contributed by atoms with Crippen molar-refractivity contribution >= 4 is 5.91 Å². The number of likely N-dealkylation sites (N-methyl/N-ethyl adjacent to an activating group) is 1. The molecule has 4 heteroatoms. The standard InChI is InChI=1S/C11H21N3O/c1-8-6-12-10(7-13(2)3)11(15)14(8)9-4-5-9/h8-10,12H,4-7H2,1-3H3. The fraction of sp³-hybridized carbons (Fsp3) is 0.909. The highest BCUT2D eigenvalue weighted by molar-refractivity contribution is 5.84. The summed E-state index contributed by atoms with van der Waals surface area (Å²) >= 11 is 0. The quantitative estimate of drug-likeness (QED) is 0.708. The molecule has 2 atom stereocenters. The van der Waals surface area contributed by atoms with Crippen molar-refractivity contribution < 1.29 is 4.79 Å². The zero-order valence-electron chi connectivity index (χ0n) is 9.86. The molecular formula is C11H21N3O. The normalized spacial score (nSPS) is 32.5. The molecule has 1 aliphatic carbocycles. The van der Waals surface area contributed by atoms with Gasteiger partial charge in [0.25, 0.3) is 0 Å². The van der Waals surface area contributed by atoms with Crippen molar-refractivity contribution in [3.63, 3.8) is 0 Å². The lowest BCUT2D eigenvalue weighted by Gasteiger charge is -2.39. The van der Waals surface area contributed by atoms with Crippen LogP contribution in [0.1, 0.15) is 19.8 Å². The van der Waals surface area contributed by atoms with Gasteiger partial charge in [-0.25, -0.2) is 0 Å². The second-order valence-electron chi connectivity index (χ2n) is 5.05. The molecule has 1 aliphatic heterocycles. The van der Waals surface area contributed by atoms with Gasteiger partial charge in [0.1, 0.15) is 0 Å². The van der Waals surface area contributed by atoms with E-state index >= 15 is 0 Å². The first kappa shape index (κ1) is 10.9. The first-order valence-corrected chi connectivity index (χ1v) is 5.80. The molecule has 0 spiro atoms. The Morgan fingerprint density at radius 1 is 1.47 bits per heavy atom. The minimum atomic E-state index is -0.00296. The number of nitrogens with one attached hydrogen (secondary N) is 1. The smallest absolute Gasteiger partial charge is 0.241 e. The molecule has 2 unspecified atom stereocenters. The van der Waals surface area contributed by atoms with Crippen molar-refractivity contribution in [1.82, 2.24) is 15.1 Å². The van der Waals surface area contributed by atoms with E-state index in [1.165, 1.54) is 12.8 Å². The highest BCUT2D eigenvalue weighted by Gasteiger charge is 2.41. The van der Waals surface area contributed by atoms with Crippen LogP contribution >= 0.6 is 0 Å². The highest BCUT2D eigenvalue weighted by Crippen LogP contribution is 2.30.